The van der Waals surface area contributed by atoms with Gasteiger partial charge >= 0.3 is 0 Å². The van der Waals surface area contributed by atoms with E-state index in [4.69, 9.17) is 22.1 Å². The molecule has 8 nitrogen and oxygen atoms in total. The van der Waals surface area contributed by atoms with Crippen LogP contribution in [-0.4, -0.2) is 28.0 Å². The van der Waals surface area contributed by atoms with Crippen molar-refractivity contribution >= 4 is 72.8 Å². The molecule has 0 radical (unpaired) electrons. The van der Waals surface area contributed by atoms with Crippen molar-refractivity contribution in [2.24, 2.45) is 0 Å². The van der Waals surface area contributed by atoms with Crippen molar-refractivity contribution in [1.29, 1.82) is 0 Å². The first-order valence-electron chi connectivity index (χ1n) is 10.7. The van der Waals surface area contributed by atoms with E-state index in [1.807, 2.05) is 54.8 Å². The van der Waals surface area contributed by atoms with Gasteiger partial charge in [-0.25, -0.2) is 15.0 Å². The molecule has 0 fully saturated rings. The van der Waals surface area contributed by atoms with Gasteiger partial charge in [-0.3, -0.25) is 4.79 Å². The van der Waals surface area contributed by atoms with E-state index in [0.29, 0.717) is 28.7 Å². The predicted molar refractivity (Wildman–Crippen MR) is 142 cm³/mol. The highest BCUT2D eigenvalue weighted by molar-refractivity contribution is 7.17. The summed E-state index contributed by atoms with van der Waals surface area (Å²) in [4.78, 5) is 26.2. The molecule has 0 atom stereocenters. The molecule has 5 aromatic rings. The summed E-state index contributed by atoms with van der Waals surface area (Å²) in [6.07, 6.45) is 1.69. The fourth-order valence-electron chi connectivity index (χ4n) is 3.84. The van der Waals surface area contributed by atoms with Crippen LogP contribution in [0.1, 0.15) is 21.7 Å². The standard InChI is InChI=1S/C25H21ClN6O2S/c1-13-3-5-17-16(7-9-28-23(17)29-15-4-6-18(26)14(11-15)12-34-2)20(13)31-25(33)24-30-19-8-10-35-21(19)22(27)32-24/h3-11H,12H2,1-2H3,(H,28,29)(H,31,33)(H2,27,30,32). The number of carbonyl (C=O) groups excluding carboxylic acids is 1. The highest BCUT2D eigenvalue weighted by Crippen LogP contribution is 2.33. The number of hydrogen-bond acceptors (Lipinski definition) is 8. The molecule has 35 heavy (non-hydrogen) atoms. The van der Waals surface area contributed by atoms with Gasteiger partial charge in [0.2, 0.25) is 5.82 Å². The van der Waals surface area contributed by atoms with Crippen molar-refractivity contribution in [1.82, 2.24) is 15.0 Å². The number of halogens is 1. The zero-order valence-electron chi connectivity index (χ0n) is 18.9. The minimum Gasteiger partial charge on any atom is -0.382 e. The number of nitrogen functional groups attached to an aromatic ring is 1. The molecule has 1 amide bonds. The van der Waals surface area contributed by atoms with Gasteiger partial charge in [-0.2, -0.15) is 0 Å². The highest BCUT2D eigenvalue weighted by Gasteiger charge is 2.17. The Morgan fingerprint density at radius 1 is 1.14 bits per heavy atom. The molecule has 0 aliphatic carbocycles. The third kappa shape index (κ3) is 4.49. The average molecular weight is 505 g/mol. The number of thiophene rings is 1. The fourth-order valence-corrected chi connectivity index (χ4v) is 4.75. The summed E-state index contributed by atoms with van der Waals surface area (Å²) >= 11 is 7.70. The molecule has 0 aliphatic rings. The molecule has 0 saturated heterocycles. The van der Waals surface area contributed by atoms with E-state index >= 15 is 0 Å². The molecule has 3 heterocycles. The number of fused-ring (bicyclic) bond motifs is 2. The quantitative estimate of drug-likeness (QED) is 0.262. The minimum absolute atomic E-state index is 0.0176. The van der Waals surface area contributed by atoms with E-state index in [0.717, 1.165) is 32.3 Å². The maximum absolute atomic E-state index is 13.1. The van der Waals surface area contributed by atoms with Crippen molar-refractivity contribution in [2.45, 2.75) is 13.5 Å². The monoisotopic (exact) mass is 504 g/mol. The third-order valence-electron chi connectivity index (χ3n) is 5.53. The average Bonchev–Trinajstić information content (AvgIpc) is 3.33. The van der Waals surface area contributed by atoms with Gasteiger partial charge < -0.3 is 21.1 Å². The number of nitrogens with one attached hydrogen (secondary N) is 2. The Hall–Kier alpha value is -3.79. The second-order valence-electron chi connectivity index (χ2n) is 7.90. The molecule has 10 heteroatoms. The number of ether oxygens (including phenoxy) is 1. The summed E-state index contributed by atoms with van der Waals surface area (Å²) in [6, 6.07) is 13.2. The van der Waals surface area contributed by atoms with Crippen molar-refractivity contribution in [3.8, 4) is 0 Å². The SMILES string of the molecule is COCc1cc(Nc2nccc3c(NC(=O)c4nc(N)c5sccc5n4)c(C)ccc23)ccc1Cl. The molecule has 0 saturated carbocycles. The number of hydrogen-bond donors (Lipinski definition) is 3. The highest BCUT2D eigenvalue weighted by atomic mass is 35.5. The molecule has 0 unspecified atom stereocenters. The number of aromatic nitrogens is 3. The number of nitrogens with two attached hydrogens (primary N) is 1. The largest absolute Gasteiger partial charge is 0.382 e. The number of carbonyl (C=O) groups is 1. The summed E-state index contributed by atoms with van der Waals surface area (Å²) in [7, 11) is 1.62. The lowest BCUT2D eigenvalue weighted by Gasteiger charge is -2.15. The number of aryl methyl sites for hydroxylation is 1. The fraction of sp³-hybridized carbons (Fsp3) is 0.120. The van der Waals surface area contributed by atoms with Crippen LogP contribution in [0.25, 0.3) is 21.0 Å². The molecule has 0 aliphatic heterocycles. The number of methoxy groups -OCH3 is 1. The number of rotatable bonds is 6. The molecule has 0 bridgehead atoms. The Kier molecular flexibility index (Phi) is 6.21. The number of benzene rings is 2. The van der Waals surface area contributed by atoms with Crippen LogP contribution in [0.3, 0.4) is 0 Å². The summed E-state index contributed by atoms with van der Waals surface area (Å²) in [5.74, 6) is 0.512. The van der Waals surface area contributed by atoms with Gasteiger partial charge in [-0.05, 0) is 53.8 Å². The Labute approximate surface area is 210 Å². The van der Waals surface area contributed by atoms with E-state index in [1.165, 1.54) is 11.3 Å². The van der Waals surface area contributed by atoms with Crippen LogP contribution in [0.2, 0.25) is 5.02 Å². The van der Waals surface area contributed by atoms with Crippen LogP contribution in [0.5, 0.6) is 0 Å². The van der Waals surface area contributed by atoms with Gasteiger partial charge in [0.05, 0.1) is 22.5 Å². The molecule has 0 spiro atoms. The number of amides is 1. The Morgan fingerprint density at radius 2 is 2.00 bits per heavy atom. The lowest BCUT2D eigenvalue weighted by molar-refractivity contribution is 0.101. The summed E-state index contributed by atoms with van der Waals surface area (Å²) in [5, 5.41) is 10.5. The second-order valence-corrected chi connectivity index (χ2v) is 9.22. The Balaban J connectivity index is 1.50. The zero-order chi connectivity index (χ0) is 24.5. The molecule has 176 valence electrons. The van der Waals surface area contributed by atoms with Crippen molar-refractivity contribution in [3.63, 3.8) is 0 Å². The smallest absolute Gasteiger partial charge is 0.293 e. The van der Waals surface area contributed by atoms with E-state index < -0.39 is 5.91 Å². The maximum atomic E-state index is 13.1. The van der Waals surface area contributed by atoms with Gasteiger partial charge in [0.1, 0.15) is 11.6 Å². The van der Waals surface area contributed by atoms with Crippen molar-refractivity contribution in [3.05, 3.63) is 76.0 Å². The van der Waals surface area contributed by atoms with Crippen LogP contribution in [0, 0.1) is 6.92 Å². The minimum atomic E-state index is -0.436. The van der Waals surface area contributed by atoms with Crippen LogP contribution in [-0.2, 0) is 11.3 Å². The summed E-state index contributed by atoms with van der Waals surface area (Å²) < 4.78 is 5.99. The first-order valence-corrected chi connectivity index (χ1v) is 11.9. The van der Waals surface area contributed by atoms with Crippen LogP contribution in [0.4, 0.5) is 23.0 Å². The maximum Gasteiger partial charge on any atom is 0.293 e. The third-order valence-corrected chi connectivity index (χ3v) is 6.83. The zero-order valence-corrected chi connectivity index (χ0v) is 20.5. The second kappa shape index (κ2) is 9.46. The van der Waals surface area contributed by atoms with E-state index in [1.54, 1.807) is 13.3 Å². The Morgan fingerprint density at radius 3 is 2.83 bits per heavy atom. The van der Waals surface area contributed by atoms with E-state index in [-0.39, 0.29) is 11.6 Å². The Bertz CT molecular complexity index is 1590. The number of pyridine rings is 1. The molecular formula is C25H21ClN6O2S. The van der Waals surface area contributed by atoms with Crippen molar-refractivity contribution < 1.29 is 9.53 Å². The molecular weight excluding hydrogens is 484 g/mol. The van der Waals surface area contributed by atoms with Gasteiger partial charge in [-0.15, -0.1) is 11.3 Å². The van der Waals surface area contributed by atoms with Gasteiger partial charge in [-0.1, -0.05) is 23.7 Å². The van der Waals surface area contributed by atoms with Crippen LogP contribution in [0.15, 0.2) is 54.0 Å². The van der Waals surface area contributed by atoms with Crippen LogP contribution < -0.4 is 16.4 Å². The molecule has 3 aromatic heterocycles. The summed E-state index contributed by atoms with van der Waals surface area (Å²) in [6.45, 7) is 2.33. The van der Waals surface area contributed by atoms with Crippen molar-refractivity contribution in [2.75, 3.05) is 23.5 Å². The predicted octanol–water partition coefficient (Wildman–Crippen LogP) is 5.93. The molecule has 4 N–H and O–H groups in total. The molecule has 5 rings (SSSR count). The first-order chi connectivity index (χ1) is 16.9. The normalized spacial score (nSPS) is 11.2. The van der Waals surface area contributed by atoms with E-state index in [9.17, 15) is 4.79 Å². The lowest BCUT2D eigenvalue weighted by atomic mass is 10.1. The van der Waals surface area contributed by atoms with Crippen LogP contribution >= 0.6 is 22.9 Å². The van der Waals surface area contributed by atoms with Gasteiger partial charge in [0, 0.05) is 34.8 Å². The van der Waals surface area contributed by atoms with Gasteiger partial charge in [0.25, 0.3) is 5.91 Å². The first kappa shape index (κ1) is 23.0. The number of nitrogens with zero attached hydrogens (tertiary/aromatic N) is 3. The topological polar surface area (TPSA) is 115 Å². The summed E-state index contributed by atoms with van der Waals surface area (Å²) in [5.41, 5.74) is 9.91. The lowest BCUT2D eigenvalue weighted by Crippen LogP contribution is -2.17. The van der Waals surface area contributed by atoms with Gasteiger partial charge in [0.15, 0.2) is 0 Å². The molecule has 2 aromatic carbocycles. The number of anilines is 4. The van der Waals surface area contributed by atoms with E-state index in [2.05, 4.69) is 25.6 Å².